The van der Waals surface area contributed by atoms with E-state index in [-0.39, 0.29) is 5.91 Å². The van der Waals surface area contributed by atoms with Gasteiger partial charge in [0.2, 0.25) is 5.91 Å². The maximum atomic E-state index is 11.4. The van der Waals surface area contributed by atoms with Crippen molar-refractivity contribution in [2.45, 2.75) is 96.8 Å². The Labute approximate surface area is 145 Å². The van der Waals surface area contributed by atoms with Gasteiger partial charge in [-0.25, -0.2) is 0 Å². The lowest BCUT2D eigenvalue weighted by atomic mass is 10.0. The third-order valence-electron chi connectivity index (χ3n) is 4.48. The van der Waals surface area contributed by atoms with E-state index in [1.54, 1.807) is 19.0 Å². The molecule has 3 nitrogen and oxygen atoms in total. The van der Waals surface area contributed by atoms with E-state index in [0.29, 0.717) is 6.54 Å². The Kier molecular flexibility index (Phi) is 17.3. The highest BCUT2D eigenvalue weighted by molar-refractivity contribution is 5.77. The molecule has 1 N–H and O–H groups in total. The molecule has 0 aromatic carbocycles. The van der Waals surface area contributed by atoms with E-state index in [1.807, 2.05) is 0 Å². The second-order valence-corrected chi connectivity index (χ2v) is 7.06. The lowest BCUT2D eigenvalue weighted by Gasteiger charge is -2.10. The van der Waals surface area contributed by atoms with Crippen molar-refractivity contribution in [3.63, 3.8) is 0 Å². The minimum Gasteiger partial charge on any atom is -0.348 e. The van der Waals surface area contributed by atoms with Gasteiger partial charge in [-0.1, -0.05) is 90.4 Å². The Morgan fingerprint density at radius 1 is 0.696 bits per heavy atom. The molecule has 0 rings (SSSR count). The fourth-order valence-corrected chi connectivity index (χ4v) is 2.80. The predicted octanol–water partition coefficient (Wildman–Crippen LogP) is 5.15. The van der Waals surface area contributed by atoms with Crippen LogP contribution in [0.4, 0.5) is 0 Å². The molecule has 0 aliphatic carbocycles. The summed E-state index contributed by atoms with van der Waals surface area (Å²) in [7, 11) is 3.60. The van der Waals surface area contributed by atoms with Crippen LogP contribution < -0.4 is 5.32 Å². The highest BCUT2D eigenvalue weighted by Gasteiger charge is 2.01. The molecular weight excluding hydrogens is 284 g/mol. The first-order valence-electron chi connectivity index (χ1n) is 10.1. The smallest absolute Gasteiger partial charge is 0.236 e. The lowest BCUT2D eigenvalue weighted by Crippen LogP contribution is -2.33. The molecule has 0 saturated carbocycles. The minimum atomic E-state index is 0.162. The first-order valence-corrected chi connectivity index (χ1v) is 10.1. The van der Waals surface area contributed by atoms with Crippen LogP contribution in [0.2, 0.25) is 0 Å². The van der Waals surface area contributed by atoms with Crippen molar-refractivity contribution in [2.24, 2.45) is 0 Å². The van der Waals surface area contributed by atoms with Crippen LogP contribution in [0, 0.1) is 0 Å². The van der Waals surface area contributed by atoms with Crippen LogP contribution in [-0.2, 0) is 4.79 Å². The van der Waals surface area contributed by atoms with Crippen molar-refractivity contribution in [1.82, 2.24) is 10.2 Å². The van der Waals surface area contributed by atoms with Gasteiger partial charge >= 0.3 is 0 Å². The summed E-state index contributed by atoms with van der Waals surface area (Å²) in [6, 6.07) is 0. The molecule has 0 fully saturated rings. The van der Waals surface area contributed by atoms with E-state index in [1.165, 1.54) is 89.9 Å². The standard InChI is InChI=1S/C20H42N2O/c1-4-5-6-7-8-9-10-11-12-13-14-15-16-17-18-21-19-20(23)22(2)3/h21H,4-19H2,1-3H3. The molecule has 0 aliphatic heterocycles. The van der Waals surface area contributed by atoms with Gasteiger partial charge in [-0.2, -0.15) is 0 Å². The molecule has 1 amide bonds. The molecule has 0 atom stereocenters. The molecule has 0 radical (unpaired) electrons. The normalized spacial score (nSPS) is 10.9. The second kappa shape index (κ2) is 17.8. The fourth-order valence-electron chi connectivity index (χ4n) is 2.80. The van der Waals surface area contributed by atoms with E-state index in [4.69, 9.17) is 0 Å². The summed E-state index contributed by atoms with van der Waals surface area (Å²) in [5.41, 5.74) is 0. The summed E-state index contributed by atoms with van der Waals surface area (Å²) in [5, 5.41) is 3.22. The number of amides is 1. The van der Waals surface area contributed by atoms with Crippen LogP contribution in [0.25, 0.3) is 0 Å². The molecule has 0 saturated heterocycles. The quantitative estimate of drug-likeness (QED) is 0.375. The van der Waals surface area contributed by atoms with Gasteiger partial charge in [-0.15, -0.1) is 0 Å². The van der Waals surface area contributed by atoms with Crippen LogP contribution in [0.15, 0.2) is 0 Å². The van der Waals surface area contributed by atoms with Gasteiger partial charge in [0.25, 0.3) is 0 Å². The Balaban J connectivity index is 3.04. The molecule has 0 unspecified atom stereocenters. The van der Waals surface area contributed by atoms with Crippen LogP contribution in [0.5, 0.6) is 0 Å². The molecule has 0 bridgehead atoms. The number of hydrogen-bond donors (Lipinski definition) is 1. The third kappa shape index (κ3) is 17.6. The highest BCUT2D eigenvalue weighted by atomic mass is 16.2. The second-order valence-electron chi connectivity index (χ2n) is 7.06. The van der Waals surface area contributed by atoms with Gasteiger partial charge < -0.3 is 10.2 Å². The lowest BCUT2D eigenvalue weighted by molar-refractivity contribution is -0.127. The van der Waals surface area contributed by atoms with Crippen LogP contribution in [0.3, 0.4) is 0 Å². The molecule has 0 heterocycles. The van der Waals surface area contributed by atoms with Crippen molar-refractivity contribution in [2.75, 3.05) is 27.2 Å². The molecular formula is C20H42N2O. The molecule has 0 spiro atoms. The van der Waals surface area contributed by atoms with E-state index in [2.05, 4.69) is 12.2 Å². The maximum Gasteiger partial charge on any atom is 0.236 e. The summed E-state index contributed by atoms with van der Waals surface area (Å²) in [6.45, 7) is 3.73. The van der Waals surface area contributed by atoms with E-state index < -0.39 is 0 Å². The Morgan fingerprint density at radius 2 is 1.09 bits per heavy atom. The minimum absolute atomic E-state index is 0.162. The number of nitrogens with zero attached hydrogens (tertiary/aromatic N) is 1. The third-order valence-corrected chi connectivity index (χ3v) is 4.48. The van der Waals surface area contributed by atoms with Gasteiger partial charge in [0.1, 0.15) is 0 Å². The number of carbonyl (C=O) groups excluding carboxylic acids is 1. The van der Waals surface area contributed by atoms with Gasteiger partial charge in [-0.3, -0.25) is 4.79 Å². The summed E-state index contributed by atoms with van der Waals surface area (Å²) < 4.78 is 0. The van der Waals surface area contributed by atoms with E-state index in [0.717, 1.165) is 6.54 Å². The van der Waals surface area contributed by atoms with Crippen molar-refractivity contribution >= 4 is 5.91 Å². The number of rotatable bonds is 17. The largest absolute Gasteiger partial charge is 0.348 e. The SMILES string of the molecule is CCCCCCCCCCCCCCCCNCC(=O)N(C)C. The zero-order valence-corrected chi connectivity index (χ0v) is 16.2. The molecule has 3 heteroatoms. The zero-order chi connectivity index (χ0) is 17.2. The number of nitrogens with one attached hydrogen (secondary N) is 1. The highest BCUT2D eigenvalue weighted by Crippen LogP contribution is 2.12. The predicted molar refractivity (Wildman–Crippen MR) is 102 cm³/mol. The Hall–Kier alpha value is -0.570. The molecule has 138 valence electrons. The van der Waals surface area contributed by atoms with E-state index in [9.17, 15) is 4.79 Å². The van der Waals surface area contributed by atoms with Gasteiger partial charge in [0.15, 0.2) is 0 Å². The van der Waals surface area contributed by atoms with Crippen molar-refractivity contribution in [1.29, 1.82) is 0 Å². The average Bonchev–Trinajstić information content (AvgIpc) is 2.54. The van der Waals surface area contributed by atoms with Crippen LogP contribution in [-0.4, -0.2) is 38.0 Å². The maximum absolute atomic E-state index is 11.4. The summed E-state index contributed by atoms with van der Waals surface area (Å²) in [4.78, 5) is 13.0. The Morgan fingerprint density at radius 3 is 1.48 bits per heavy atom. The number of hydrogen-bond acceptors (Lipinski definition) is 2. The Bertz CT molecular complexity index is 254. The zero-order valence-electron chi connectivity index (χ0n) is 16.2. The number of carbonyl (C=O) groups is 1. The number of likely N-dealkylation sites (N-methyl/N-ethyl adjacent to an activating group) is 1. The average molecular weight is 327 g/mol. The van der Waals surface area contributed by atoms with Crippen LogP contribution >= 0.6 is 0 Å². The van der Waals surface area contributed by atoms with E-state index >= 15 is 0 Å². The molecule has 23 heavy (non-hydrogen) atoms. The topological polar surface area (TPSA) is 32.3 Å². The first kappa shape index (κ1) is 22.4. The molecule has 0 aromatic heterocycles. The summed E-state index contributed by atoms with van der Waals surface area (Å²) in [5.74, 6) is 0.162. The summed E-state index contributed by atoms with van der Waals surface area (Å²) in [6.07, 6.45) is 19.5. The summed E-state index contributed by atoms with van der Waals surface area (Å²) >= 11 is 0. The fraction of sp³-hybridized carbons (Fsp3) is 0.950. The van der Waals surface area contributed by atoms with Crippen molar-refractivity contribution < 1.29 is 4.79 Å². The van der Waals surface area contributed by atoms with Gasteiger partial charge in [0, 0.05) is 14.1 Å². The van der Waals surface area contributed by atoms with Crippen molar-refractivity contribution in [3.05, 3.63) is 0 Å². The molecule has 0 aliphatic rings. The monoisotopic (exact) mass is 326 g/mol. The van der Waals surface area contributed by atoms with Gasteiger partial charge in [-0.05, 0) is 13.0 Å². The van der Waals surface area contributed by atoms with Crippen molar-refractivity contribution in [3.8, 4) is 0 Å². The van der Waals surface area contributed by atoms with Crippen LogP contribution in [0.1, 0.15) is 96.8 Å². The first-order chi connectivity index (χ1) is 11.2. The number of unbranched alkanes of at least 4 members (excludes halogenated alkanes) is 13. The van der Waals surface area contributed by atoms with Gasteiger partial charge in [0.05, 0.1) is 6.54 Å². The molecule has 0 aromatic rings.